The molecule has 0 saturated heterocycles. The van der Waals surface area contributed by atoms with Gasteiger partial charge in [-0.2, -0.15) is 25.3 Å². The Kier molecular flexibility index (Phi) is 29.9. The number of carbonyl (C=O) groups excluding carboxylic acids is 8. The normalized spacial score (nSPS) is 16.3. The van der Waals surface area contributed by atoms with Crippen molar-refractivity contribution in [1.82, 2.24) is 42.5 Å². The van der Waals surface area contributed by atoms with E-state index >= 15 is 0 Å². The number of nitrogens with two attached hydrogens (primary N) is 1. The molecule has 0 heterocycles. The molecule has 410 valence electrons. The molecule has 0 aliphatic heterocycles. The van der Waals surface area contributed by atoms with E-state index in [4.69, 9.17) is 19.9 Å². The Morgan fingerprint density at radius 2 is 1.00 bits per heavy atom. The molecule has 25 heteroatoms. The number of thiol groups is 2. The number of carboxylic acids is 1. The van der Waals surface area contributed by atoms with Crippen molar-refractivity contribution in [2.75, 3.05) is 36.3 Å². The zero-order valence-electron chi connectivity index (χ0n) is 44.2. The van der Waals surface area contributed by atoms with Crippen molar-refractivity contribution in [3.63, 3.8) is 0 Å². The number of carbonyl (C=O) groups is 9. The van der Waals surface area contributed by atoms with Crippen molar-refractivity contribution >= 4 is 90.2 Å². The predicted octanol–water partition coefficient (Wildman–Crippen LogP) is 0.404. The molecule has 0 saturated carbocycles. The maximum atomic E-state index is 14.4. The summed E-state index contributed by atoms with van der Waals surface area (Å²) in [5.41, 5.74) is 3.46. The number of rotatable bonds is 31. The highest BCUT2D eigenvalue weighted by atomic mass is 32.2. The molecule has 0 radical (unpaired) electrons. The first-order chi connectivity index (χ1) is 32.6. The van der Waals surface area contributed by atoms with E-state index in [1.807, 2.05) is 0 Å². The summed E-state index contributed by atoms with van der Waals surface area (Å²) in [7, 11) is 0. The van der Waals surface area contributed by atoms with E-state index < -0.39 is 131 Å². The van der Waals surface area contributed by atoms with Gasteiger partial charge in [0.25, 0.3) is 0 Å². The monoisotopic (exact) mass is 1070 g/mol. The van der Waals surface area contributed by atoms with Crippen LogP contribution in [0.2, 0.25) is 0 Å². The summed E-state index contributed by atoms with van der Waals surface area (Å²) < 4.78 is 17.9. The summed E-state index contributed by atoms with van der Waals surface area (Å²) in [6.07, 6.45) is -0.568. The zero-order valence-corrected chi connectivity index (χ0v) is 46.8. The summed E-state index contributed by atoms with van der Waals surface area (Å²) in [4.78, 5) is 120. The summed E-state index contributed by atoms with van der Waals surface area (Å²) in [5, 5.41) is 30.6. The lowest BCUT2D eigenvalue weighted by atomic mass is 9.97. The Morgan fingerprint density at radius 3 is 1.44 bits per heavy atom. The third kappa shape index (κ3) is 28.2. The third-order valence-corrected chi connectivity index (χ3v) is 11.7. The lowest BCUT2D eigenvalue weighted by Gasteiger charge is -2.33. The molecule has 0 aliphatic carbocycles. The van der Waals surface area contributed by atoms with E-state index in [1.54, 1.807) is 90.0 Å². The smallest absolute Gasteiger partial charge is 0.326 e. The highest BCUT2D eigenvalue weighted by molar-refractivity contribution is 7.99. The van der Waals surface area contributed by atoms with Gasteiger partial charge in [-0.15, -0.1) is 11.8 Å². The van der Waals surface area contributed by atoms with Crippen LogP contribution in [0.1, 0.15) is 117 Å². The Balaban J connectivity index is 6.89. The van der Waals surface area contributed by atoms with Crippen LogP contribution in [0.4, 0.5) is 0 Å². The van der Waals surface area contributed by atoms with Gasteiger partial charge in [-0.3, -0.25) is 38.4 Å². The van der Waals surface area contributed by atoms with E-state index in [0.717, 1.165) is 11.8 Å². The van der Waals surface area contributed by atoms with Crippen molar-refractivity contribution in [2.24, 2.45) is 17.6 Å². The number of carboxylic acid groups (broad SMARTS) is 1. The summed E-state index contributed by atoms with van der Waals surface area (Å²) >= 11 is 9.48. The highest BCUT2D eigenvalue weighted by Crippen LogP contribution is 2.16. The first-order valence-electron chi connectivity index (χ1n) is 23.7. The van der Waals surface area contributed by atoms with Crippen molar-refractivity contribution in [3.8, 4) is 0 Å². The van der Waals surface area contributed by atoms with Crippen molar-refractivity contribution in [2.45, 2.75) is 188 Å². The van der Waals surface area contributed by atoms with Crippen molar-refractivity contribution in [1.29, 1.82) is 0 Å². The van der Waals surface area contributed by atoms with Gasteiger partial charge in [-0.1, -0.05) is 34.1 Å². The minimum Gasteiger partial charge on any atom is -0.480 e. The van der Waals surface area contributed by atoms with Crippen LogP contribution in [0.5, 0.6) is 0 Å². The van der Waals surface area contributed by atoms with E-state index in [-0.39, 0.29) is 48.0 Å². The molecule has 8 amide bonds. The molecule has 0 fully saturated rings. The van der Waals surface area contributed by atoms with Gasteiger partial charge in [0.1, 0.15) is 42.3 Å². The quantitative estimate of drug-likeness (QED) is 0.0254. The predicted molar refractivity (Wildman–Crippen MR) is 279 cm³/mol. The van der Waals surface area contributed by atoms with Crippen LogP contribution in [-0.4, -0.2) is 166 Å². The second kappa shape index (κ2) is 31.7. The molecule has 71 heavy (non-hydrogen) atoms. The zero-order chi connectivity index (χ0) is 55.2. The van der Waals surface area contributed by atoms with Gasteiger partial charge < -0.3 is 67.6 Å². The van der Waals surface area contributed by atoms with Crippen LogP contribution in [0, 0.1) is 11.8 Å². The van der Waals surface area contributed by atoms with Crippen LogP contribution in [0.15, 0.2) is 0 Å². The molecular weight excluding hydrogens is 983 g/mol. The second-order valence-electron chi connectivity index (χ2n) is 20.6. The lowest BCUT2D eigenvalue weighted by Crippen LogP contribution is -2.64. The lowest BCUT2D eigenvalue weighted by molar-refractivity contribution is -0.143. The molecule has 0 bridgehead atoms. The number of nitrogens with one attached hydrogen (secondary N) is 8. The Bertz CT molecular complexity index is 1780. The topological polar surface area (TPSA) is 324 Å². The maximum absolute atomic E-state index is 14.4. The van der Waals surface area contributed by atoms with E-state index in [9.17, 15) is 48.3 Å². The summed E-state index contributed by atoms with van der Waals surface area (Å²) in [5.74, 6) is -8.20. The van der Waals surface area contributed by atoms with Gasteiger partial charge in [0, 0.05) is 24.2 Å². The average molecular weight is 1070 g/mol. The van der Waals surface area contributed by atoms with E-state index in [2.05, 4.69) is 67.8 Å². The molecule has 11 N–H and O–H groups in total. The Morgan fingerprint density at radius 1 is 0.577 bits per heavy atom. The van der Waals surface area contributed by atoms with Crippen LogP contribution in [0.25, 0.3) is 0 Å². The minimum atomic E-state index is -1.49. The fourth-order valence-corrected chi connectivity index (χ4v) is 7.41. The summed E-state index contributed by atoms with van der Waals surface area (Å²) in [6, 6.07) is -10.6. The number of hydrogen-bond acceptors (Lipinski definition) is 16. The standard InChI is InChI=1S/C46H85N9O13S3/c1-16-25(4)34(41(62)52-32(21-70)39(60)50-30(18-66-44(7,8)9)37(58)49-29(43(64)65)17-24(2)3)54-38(59)31(19-67-45(10,11)12)51-42(63)35(26(5)68-46(13,14)15)55-40(61)33(22-71-23-48-27(6)56)53-36(57)28(47)20-69/h24-26,28-35,69-70H,16-23,47H2,1-15H3,(H,48,56)(H,49,58)(H,50,60)(H,51,63)(H,52,62)(H,53,57)(H,54,59)(H,55,61)(H,64,65)/t25-,26+,28-,29-,30-,31-,32-,33-,34-,35-/m0/s1. The number of amides is 8. The van der Waals surface area contributed by atoms with Crippen LogP contribution < -0.4 is 48.3 Å². The van der Waals surface area contributed by atoms with Crippen molar-refractivity contribution in [3.05, 3.63) is 0 Å². The van der Waals surface area contributed by atoms with Crippen LogP contribution >= 0.6 is 37.0 Å². The highest BCUT2D eigenvalue weighted by Gasteiger charge is 2.38. The molecule has 0 rings (SSSR count). The molecule has 0 aromatic carbocycles. The minimum absolute atomic E-state index is 0.0314. The molecule has 22 nitrogen and oxygen atoms in total. The third-order valence-electron chi connectivity index (χ3n) is 10.0. The second-order valence-corrected chi connectivity index (χ2v) is 22.4. The first kappa shape index (κ1) is 67.1. The van der Waals surface area contributed by atoms with Gasteiger partial charge >= 0.3 is 5.97 Å². The molecule has 0 unspecified atom stereocenters. The fourth-order valence-electron chi connectivity index (χ4n) is 6.09. The molecule has 0 aliphatic rings. The van der Waals surface area contributed by atoms with Gasteiger partial charge in [0.05, 0.1) is 48.0 Å². The molecule has 0 aromatic heterocycles. The number of ether oxygens (including phenoxy) is 3. The number of aliphatic carboxylic acids is 1. The first-order valence-corrected chi connectivity index (χ1v) is 26.1. The molecule has 0 spiro atoms. The van der Waals surface area contributed by atoms with Gasteiger partial charge in [0.2, 0.25) is 47.3 Å². The van der Waals surface area contributed by atoms with Crippen LogP contribution in [0.3, 0.4) is 0 Å². The van der Waals surface area contributed by atoms with Gasteiger partial charge in [-0.25, -0.2) is 4.79 Å². The fraction of sp³-hybridized carbons (Fsp3) is 0.804. The molecule has 10 atom stereocenters. The number of hydrogen-bond donors (Lipinski definition) is 12. The van der Waals surface area contributed by atoms with Crippen LogP contribution in [-0.2, 0) is 57.4 Å². The Hall–Kier alpha value is -3.88. The summed E-state index contributed by atoms with van der Waals surface area (Å²) in [6.45, 7) is 24.7. The van der Waals surface area contributed by atoms with E-state index in [0.29, 0.717) is 6.42 Å². The largest absolute Gasteiger partial charge is 0.480 e. The molecule has 0 aromatic rings. The number of thioether (sulfide) groups is 1. The van der Waals surface area contributed by atoms with E-state index in [1.165, 1.54) is 13.8 Å². The SMILES string of the molecule is CC[C@H](C)[C@H](NC(=O)[C@H](COC(C)(C)C)NC(=O)[C@@H](NC(=O)[C@H](CSCNC(C)=O)NC(=O)[C@@H](N)CS)[C@@H](C)OC(C)(C)C)C(=O)N[C@@H](CS)C(=O)N[C@@H](COC(C)(C)C)C(=O)N[C@@H](CC(C)C)C(=O)O. The average Bonchev–Trinajstić information content (AvgIpc) is 3.24. The van der Waals surface area contributed by atoms with Gasteiger partial charge in [-0.05, 0) is 87.5 Å². The Labute approximate surface area is 435 Å². The maximum Gasteiger partial charge on any atom is 0.326 e. The van der Waals surface area contributed by atoms with Gasteiger partial charge in [0.15, 0.2) is 0 Å². The van der Waals surface area contributed by atoms with Crippen molar-refractivity contribution < 1.29 is 62.5 Å². The molecular formula is C46H85N9O13S3.